The molecule has 0 spiro atoms. The van der Waals surface area contributed by atoms with Crippen molar-refractivity contribution in [2.45, 2.75) is 11.8 Å². The molecule has 1 heterocycles. The number of nitrogens with zero attached hydrogens (tertiary/aromatic N) is 2. The zero-order chi connectivity index (χ0) is 15.6. The first kappa shape index (κ1) is 15.1. The van der Waals surface area contributed by atoms with Crippen LogP contribution >= 0.6 is 0 Å². The van der Waals surface area contributed by atoms with Gasteiger partial charge in [0.1, 0.15) is 0 Å². The molecule has 2 rings (SSSR count). The number of rotatable bonds is 3. The number of aryl methyl sites for hydroxylation is 1. The van der Waals surface area contributed by atoms with Gasteiger partial charge in [0.2, 0.25) is 10.0 Å². The molecular weight excluding hydrogens is 290 g/mol. The zero-order valence-corrected chi connectivity index (χ0v) is 12.5. The van der Waals surface area contributed by atoms with Crippen molar-refractivity contribution in [3.63, 3.8) is 0 Å². The van der Waals surface area contributed by atoms with Crippen LogP contribution in [0.2, 0.25) is 0 Å². The first-order valence-electron chi connectivity index (χ1n) is 6.11. The molecule has 0 unspecified atom stereocenters. The predicted octanol–water partition coefficient (Wildman–Crippen LogP) is 1.31. The Labute approximate surface area is 123 Å². The van der Waals surface area contributed by atoms with E-state index in [0.29, 0.717) is 11.3 Å². The minimum atomic E-state index is -3.74. The average molecular weight is 305 g/mol. The third-order valence-corrected chi connectivity index (χ3v) is 3.91. The Morgan fingerprint density at radius 2 is 1.81 bits per heavy atom. The first-order valence-corrected chi connectivity index (χ1v) is 7.66. The predicted molar refractivity (Wildman–Crippen MR) is 79.5 cm³/mol. The molecule has 21 heavy (non-hydrogen) atoms. The molecule has 0 aliphatic carbocycles. The summed E-state index contributed by atoms with van der Waals surface area (Å²) >= 11 is 0. The SMILES string of the molecule is Cc1cncc(C(=O)N(C)c2ccc(S(N)(=O)=O)cc2)c1. The monoisotopic (exact) mass is 305 g/mol. The van der Waals surface area contributed by atoms with E-state index in [9.17, 15) is 13.2 Å². The van der Waals surface area contributed by atoms with E-state index in [1.807, 2.05) is 6.92 Å². The summed E-state index contributed by atoms with van der Waals surface area (Å²) in [6.07, 6.45) is 3.15. The largest absolute Gasteiger partial charge is 0.311 e. The summed E-state index contributed by atoms with van der Waals surface area (Å²) in [5, 5.41) is 5.03. The lowest BCUT2D eigenvalue weighted by atomic mass is 10.2. The second-order valence-electron chi connectivity index (χ2n) is 4.65. The normalized spacial score (nSPS) is 11.2. The van der Waals surface area contributed by atoms with Gasteiger partial charge < -0.3 is 4.90 Å². The Hall–Kier alpha value is -2.25. The van der Waals surface area contributed by atoms with E-state index in [-0.39, 0.29) is 10.8 Å². The topological polar surface area (TPSA) is 93.4 Å². The van der Waals surface area contributed by atoms with Crippen LogP contribution in [-0.4, -0.2) is 26.4 Å². The Kier molecular flexibility index (Phi) is 4.06. The van der Waals surface area contributed by atoms with Gasteiger partial charge in [0.15, 0.2) is 0 Å². The molecule has 0 aliphatic heterocycles. The molecule has 0 bridgehead atoms. The second-order valence-corrected chi connectivity index (χ2v) is 6.22. The van der Waals surface area contributed by atoms with Crippen molar-refractivity contribution < 1.29 is 13.2 Å². The lowest BCUT2D eigenvalue weighted by Crippen LogP contribution is -2.26. The van der Waals surface area contributed by atoms with Crippen LogP contribution in [0.25, 0.3) is 0 Å². The molecule has 2 aromatic rings. The smallest absolute Gasteiger partial charge is 0.259 e. The van der Waals surface area contributed by atoms with E-state index in [1.54, 1.807) is 19.3 Å². The van der Waals surface area contributed by atoms with Crippen molar-refractivity contribution in [1.29, 1.82) is 0 Å². The van der Waals surface area contributed by atoms with Crippen molar-refractivity contribution in [2.24, 2.45) is 5.14 Å². The fourth-order valence-electron chi connectivity index (χ4n) is 1.84. The van der Waals surface area contributed by atoms with E-state index >= 15 is 0 Å². The number of hydrogen-bond acceptors (Lipinski definition) is 4. The van der Waals surface area contributed by atoms with E-state index in [0.717, 1.165) is 5.56 Å². The standard InChI is InChI=1S/C14H15N3O3S/c1-10-7-11(9-16-8-10)14(18)17(2)12-3-5-13(6-4-12)21(15,19)20/h3-9H,1-2H3,(H2,15,19,20). The van der Waals surface area contributed by atoms with Crippen LogP contribution in [0.4, 0.5) is 5.69 Å². The molecule has 6 nitrogen and oxygen atoms in total. The highest BCUT2D eigenvalue weighted by atomic mass is 32.2. The molecule has 2 N–H and O–H groups in total. The summed E-state index contributed by atoms with van der Waals surface area (Å²) in [6, 6.07) is 7.53. The Morgan fingerprint density at radius 1 is 1.19 bits per heavy atom. The summed E-state index contributed by atoms with van der Waals surface area (Å²) in [5.41, 5.74) is 1.92. The van der Waals surface area contributed by atoms with Crippen LogP contribution in [0.15, 0.2) is 47.6 Å². The molecular formula is C14H15N3O3S. The van der Waals surface area contributed by atoms with Gasteiger partial charge in [0, 0.05) is 25.1 Å². The Bertz CT molecular complexity index is 770. The number of primary sulfonamides is 1. The molecule has 0 saturated carbocycles. The number of aromatic nitrogens is 1. The average Bonchev–Trinajstić information content (AvgIpc) is 2.45. The number of benzene rings is 1. The van der Waals surface area contributed by atoms with E-state index in [1.165, 1.54) is 35.4 Å². The Balaban J connectivity index is 2.28. The highest BCUT2D eigenvalue weighted by molar-refractivity contribution is 7.89. The van der Waals surface area contributed by atoms with Gasteiger partial charge >= 0.3 is 0 Å². The molecule has 1 amide bonds. The number of carbonyl (C=O) groups is 1. The molecule has 0 atom stereocenters. The third-order valence-electron chi connectivity index (χ3n) is 2.98. The van der Waals surface area contributed by atoms with Crippen molar-refractivity contribution >= 4 is 21.6 Å². The van der Waals surface area contributed by atoms with E-state index < -0.39 is 10.0 Å². The maximum absolute atomic E-state index is 12.3. The molecule has 0 fully saturated rings. The summed E-state index contributed by atoms with van der Waals surface area (Å²) in [5.74, 6) is -0.227. The van der Waals surface area contributed by atoms with Gasteiger partial charge in [-0.3, -0.25) is 9.78 Å². The van der Waals surface area contributed by atoms with Crippen LogP contribution in [0.5, 0.6) is 0 Å². The summed E-state index contributed by atoms with van der Waals surface area (Å²) in [7, 11) is -2.13. The van der Waals surface area contributed by atoms with E-state index in [4.69, 9.17) is 5.14 Å². The minimum Gasteiger partial charge on any atom is -0.311 e. The molecule has 0 aliphatic rings. The van der Waals surface area contributed by atoms with Crippen molar-refractivity contribution in [3.05, 3.63) is 53.9 Å². The van der Waals surface area contributed by atoms with Crippen LogP contribution in [0.3, 0.4) is 0 Å². The molecule has 7 heteroatoms. The van der Waals surface area contributed by atoms with Crippen LogP contribution < -0.4 is 10.0 Å². The summed E-state index contributed by atoms with van der Waals surface area (Å²) in [4.78, 5) is 17.7. The van der Waals surface area contributed by atoms with Gasteiger partial charge in [0.05, 0.1) is 10.5 Å². The molecule has 1 aromatic heterocycles. The molecule has 110 valence electrons. The van der Waals surface area contributed by atoms with E-state index in [2.05, 4.69) is 4.98 Å². The number of hydrogen-bond donors (Lipinski definition) is 1. The lowest BCUT2D eigenvalue weighted by molar-refractivity contribution is 0.0992. The summed E-state index contributed by atoms with van der Waals surface area (Å²) < 4.78 is 22.4. The maximum atomic E-state index is 12.3. The van der Waals surface area contributed by atoms with Gasteiger partial charge in [0.25, 0.3) is 5.91 Å². The van der Waals surface area contributed by atoms with Crippen LogP contribution in [0, 0.1) is 6.92 Å². The zero-order valence-electron chi connectivity index (χ0n) is 11.6. The number of amides is 1. The third kappa shape index (κ3) is 3.45. The molecule has 0 radical (unpaired) electrons. The lowest BCUT2D eigenvalue weighted by Gasteiger charge is -2.17. The van der Waals surface area contributed by atoms with Gasteiger partial charge in [-0.1, -0.05) is 0 Å². The van der Waals surface area contributed by atoms with Crippen molar-refractivity contribution in [1.82, 2.24) is 4.98 Å². The fraction of sp³-hybridized carbons (Fsp3) is 0.143. The first-order chi connectivity index (χ1) is 9.79. The van der Waals surface area contributed by atoms with Crippen molar-refractivity contribution in [2.75, 3.05) is 11.9 Å². The van der Waals surface area contributed by atoms with Crippen molar-refractivity contribution in [3.8, 4) is 0 Å². The van der Waals surface area contributed by atoms with Gasteiger partial charge in [-0.15, -0.1) is 0 Å². The quantitative estimate of drug-likeness (QED) is 0.925. The van der Waals surface area contributed by atoms with Crippen LogP contribution in [0.1, 0.15) is 15.9 Å². The maximum Gasteiger partial charge on any atom is 0.259 e. The highest BCUT2D eigenvalue weighted by Crippen LogP contribution is 2.18. The number of anilines is 1. The highest BCUT2D eigenvalue weighted by Gasteiger charge is 2.15. The fourth-order valence-corrected chi connectivity index (χ4v) is 2.36. The Morgan fingerprint density at radius 3 is 2.33 bits per heavy atom. The second kappa shape index (κ2) is 5.63. The number of sulfonamides is 1. The molecule has 1 aromatic carbocycles. The van der Waals surface area contributed by atoms with Gasteiger partial charge in [-0.05, 0) is 42.8 Å². The van der Waals surface area contributed by atoms with Gasteiger partial charge in [-0.25, -0.2) is 13.6 Å². The summed E-state index contributed by atoms with van der Waals surface area (Å²) in [6.45, 7) is 1.85. The number of carbonyl (C=O) groups excluding carboxylic acids is 1. The molecule has 0 saturated heterocycles. The minimum absolute atomic E-state index is 0.00400. The number of pyridine rings is 1. The van der Waals surface area contributed by atoms with Crippen LogP contribution in [-0.2, 0) is 10.0 Å². The number of nitrogens with two attached hydrogens (primary N) is 1. The van der Waals surface area contributed by atoms with Gasteiger partial charge in [-0.2, -0.15) is 0 Å².